The number of thioether (sulfide) groups is 1. The zero-order chi connectivity index (χ0) is 18.4. The van der Waals surface area contributed by atoms with Gasteiger partial charge in [0.25, 0.3) is 0 Å². The number of rotatable bonds is 6. The minimum absolute atomic E-state index is 0.269. The van der Waals surface area contributed by atoms with Crippen LogP contribution in [0.4, 0.5) is 10.1 Å². The number of hydrogen-bond acceptors (Lipinski definition) is 4. The van der Waals surface area contributed by atoms with Crippen molar-refractivity contribution in [3.8, 4) is 5.40 Å². The average Bonchev–Trinajstić information content (AvgIpc) is 2.56. The SMILES string of the molecule is Cc1cc(SC#N)ccc1NC(=O)C[C@@H](C(=O)O)c1ccc(F)cc1. The summed E-state index contributed by atoms with van der Waals surface area (Å²) in [5.41, 5.74) is 1.68. The molecule has 2 aromatic carbocycles. The first kappa shape index (κ1) is 18.5. The summed E-state index contributed by atoms with van der Waals surface area (Å²) in [6.07, 6.45) is -0.269. The molecule has 0 saturated carbocycles. The van der Waals surface area contributed by atoms with Gasteiger partial charge in [0.05, 0.1) is 5.92 Å². The topological polar surface area (TPSA) is 90.2 Å². The van der Waals surface area contributed by atoms with Crippen molar-refractivity contribution in [2.45, 2.75) is 24.2 Å². The third kappa shape index (κ3) is 5.06. The number of nitrogens with one attached hydrogen (secondary N) is 1. The lowest BCUT2D eigenvalue weighted by atomic mass is 9.95. The van der Waals surface area contributed by atoms with Crippen molar-refractivity contribution in [1.29, 1.82) is 5.26 Å². The highest BCUT2D eigenvalue weighted by atomic mass is 32.2. The standard InChI is InChI=1S/C18H15FN2O3S/c1-11-8-14(25-10-20)6-7-16(11)21-17(22)9-15(18(23)24)12-2-4-13(19)5-3-12/h2-8,15H,9H2,1H3,(H,21,22)(H,23,24)/t15-/m1/s1. The van der Waals surface area contributed by atoms with Crippen LogP contribution in [0.3, 0.4) is 0 Å². The van der Waals surface area contributed by atoms with Gasteiger partial charge in [0.1, 0.15) is 11.2 Å². The van der Waals surface area contributed by atoms with Crippen LogP contribution >= 0.6 is 11.8 Å². The summed E-state index contributed by atoms with van der Waals surface area (Å²) in [6.45, 7) is 1.78. The van der Waals surface area contributed by atoms with Gasteiger partial charge in [-0.05, 0) is 60.1 Å². The fourth-order valence-corrected chi connectivity index (χ4v) is 2.80. The predicted molar refractivity (Wildman–Crippen MR) is 92.7 cm³/mol. The van der Waals surface area contributed by atoms with Crippen LogP contribution in [0.25, 0.3) is 0 Å². The predicted octanol–water partition coefficient (Wildman–Crippen LogP) is 3.90. The average molecular weight is 358 g/mol. The minimum atomic E-state index is -1.15. The number of anilines is 1. The van der Waals surface area contributed by atoms with Crippen molar-refractivity contribution >= 4 is 29.3 Å². The molecule has 0 aliphatic carbocycles. The Balaban J connectivity index is 2.10. The molecule has 0 spiro atoms. The lowest BCUT2D eigenvalue weighted by Crippen LogP contribution is -2.21. The number of hydrogen-bond donors (Lipinski definition) is 2. The van der Waals surface area contributed by atoms with Crippen molar-refractivity contribution in [3.63, 3.8) is 0 Å². The van der Waals surface area contributed by atoms with Crippen molar-refractivity contribution in [2.24, 2.45) is 0 Å². The molecule has 1 atom stereocenters. The molecule has 0 aliphatic rings. The number of aliphatic carboxylic acids is 1. The highest BCUT2D eigenvalue weighted by Crippen LogP contribution is 2.25. The van der Waals surface area contributed by atoms with Gasteiger partial charge in [-0.1, -0.05) is 12.1 Å². The van der Waals surface area contributed by atoms with Gasteiger partial charge in [0, 0.05) is 17.0 Å². The number of aryl methyl sites for hydroxylation is 1. The third-order valence-electron chi connectivity index (χ3n) is 3.60. The lowest BCUT2D eigenvalue weighted by molar-refractivity contribution is -0.140. The van der Waals surface area contributed by atoms with Gasteiger partial charge >= 0.3 is 5.97 Å². The molecular formula is C18H15FN2O3S. The van der Waals surface area contributed by atoms with Crippen LogP contribution in [-0.2, 0) is 9.59 Å². The Morgan fingerprint density at radius 1 is 1.28 bits per heavy atom. The number of carboxylic acids is 1. The number of nitrogens with zero attached hydrogens (tertiary/aromatic N) is 1. The van der Waals surface area contributed by atoms with E-state index in [1.54, 1.807) is 25.1 Å². The molecule has 0 heterocycles. The van der Waals surface area contributed by atoms with E-state index in [1.165, 1.54) is 24.3 Å². The zero-order valence-electron chi connectivity index (χ0n) is 13.3. The number of halogens is 1. The highest BCUT2D eigenvalue weighted by molar-refractivity contribution is 8.03. The van der Waals surface area contributed by atoms with Crippen LogP contribution in [0.15, 0.2) is 47.4 Å². The molecule has 0 aliphatic heterocycles. The van der Waals surface area contributed by atoms with E-state index in [0.29, 0.717) is 11.3 Å². The molecule has 0 saturated heterocycles. The fourth-order valence-electron chi connectivity index (χ4n) is 2.32. The smallest absolute Gasteiger partial charge is 0.311 e. The molecule has 0 bridgehead atoms. The Hall–Kier alpha value is -2.85. The number of thiocyanates is 1. The number of nitriles is 1. The molecule has 5 nitrogen and oxygen atoms in total. The second kappa shape index (κ2) is 8.31. The first-order valence-electron chi connectivity index (χ1n) is 7.35. The molecule has 2 aromatic rings. The fraction of sp³-hybridized carbons (Fsp3) is 0.167. The van der Waals surface area contributed by atoms with E-state index in [4.69, 9.17) is 5.26 Å². The van der Waals surface area contributed by atoms with Gasteiger partial charge in [-0.25, -0.2) is 4.39 Å². The van der Waals surface area contributed by atoms with Crippen LogP contribution in [0.2, 0.25) is 0 Å². The van der Waals surface area contributed by atoms with Gasteiger partial charge in [-0.2, -0.15) is 5.26 Å². The van der Waals surface area contributed by atoms with E-state index in [-0.39, 0.29) is 6.42 Å². The second-order valence-electron chi connectivity index (χ2n) is 5.36. The first-order valence-corrected chi connectivity index (χ1v) is 8.17. The summed E-state index contributed by atoms with van der Waals surface area (Å²) < 4.78 is 13.0. The maximum Gasteiger partial charge on any atom is 0.311 e. The summed E-state index contributed by atoms with van der Waals surface area (Å²) in [7, 11) is 0. The van der Waals surface area contributed by atoms with Gasteiger partial charge in [-0.3, -0.25) is 9.59 Å². The zero-order valence-corrected chi connectivity index (χ0v) is 14.1. The van der Waals surface area contributed by atoms with Gasteiger partial charge in [-0.15, -0.1) is 0 Å². The van der Waals surface area contributed by atoms with Crippen LogP contribution in [-0.4, -0.2) is 17.0 Å². The van der Waals surface area contributed by atoms with Crippen LogP contribution in [0, 0.1) is 23.4 Å². The first-order chi connectivity index (χ1) is 11.9. The second-order valence-corrected chi connectivity index (χ2v) is 6.22. The van der Waals surface area contributed by atoms with E-state index in [2.05, 4.69) is 5.32 Å². The summed E-state index contributed by atoms with van der Waals surface area (Å²) in [6, 6.07) is 10.2. The molecule has 128 valence electrons. The minimum Gasteiger partial charge on any atom is -0.481 e. The van der Waals surface area contributed by atoms with E-state index in [1.807, 2.05) is 5.40 Å². The van der Waals surface area contributed by atoms with Crippen molar-refractivity contribution in [2.75, 3.05) is 5.32 Å². The molecule has 0 aromatic heterocycles. The van der Waals surface area contributed by atoms with E-state index < -0.39 is 23.6 Å². The number of amides is 1. The normalized spacial score (nSPS) is 11.4. The summed E-state index contributed by atoms with van der Waals surface area (Å²) >= 11 is 1.01. The van der Waals surface area contributed by atoms with Crippen molar-refractivity contribution in [3.05, 3.63) is 59.4 Å². The molecule has 0 fully saturated rings. The molecule has 0 radical (unpaired) electrons. The number of benzene rings is 2. The van der Waals surface area contributed by atoms with E-state index >= 15 is 0 Å². The maximum absolute atomic E-state index is 13.0. The highest BCUT2D eigenvalue weighted by Gasteiger charge is 2.23. The van der Waals surface area contributed by atoms with Crippen LogP contribution < -0.4 is 5.32 Å². The largest absolute Gasteiger partial charge is 0.481 e. The summed E-state index contributed by atoms with van der Waals surface area (Å²) in [5, 5.41) is 22.7. The molecule has 2 rings (SSSR count). The molecular weight excluding hydrogens is 343 g/mol. The summed E-state index contributed by atoms with van der Waals surface area (Å²) in [5.74, 6) is -3.14. The number of carboxylic acid groups (broad SMARTS) is 1. The molecule has 7 heteroatoms. The number of carbonyl (C=O) groups is 2. The van der Waals surface area contributed by atoms with Gasteiger partial charge in [0.15, 0.2) is 0 Å². The Labute approximate surface area is 148 Å². The Morgan fingerprint density at radius 2 is 1.96 bits per heavy atom. The Bertz CT molecular complexity index is 831. The van der Waals surface area contributed by atoms with Gasteiger partial charge < -0.3 is 10.4 Å². The third-order valence-corrected chi connectivity index (χ3v) is 4.18. The molecule has 25 heavy (non-hydrogen) atoms. The quantitative estimate of drug-likeness (QED) is 0.604. The summed E-state index contributed by atoms with van der Waals surface area (Å²) in [4.78, 5) is 24.4. The van der Waals surface area contributed by atoms with E-state index in [9.17, 15) is 19.1 Å². The van der Waals surface area contributed by atoms with Crippen molar-refractivity contribution in [1.82, 2.24) is 0 Å². The van der Waals surface area contributed by atoms with Crippen LogP contribution in [0.1, 0.15) is 23.5 Å². The van der Waals surface area contributed by atoms with Crippen molar-refractivity contribution < 1.29 is 19.1 Å². The van der Waals surface area contributed by atoms with Gasteiger partial charge in [0.2, 0.25) is 5.91 Å². The monoisotopic (exact) mass is 358 g/mol. The molecule has 1 amide bonds. The Morgan fingerprint density at radius 3 is 2.52 bits per heavy atom. The number of carbonyl (C=O) groups excluding carboxylic acids is 1. The Kier molecular flexibility index (Phi) is 6.14. The molecule has 0 unspecified atom stereocenters. The van der Waals surface area contributed by atoms with Crippen LogP contribution in [0.5, 0.6) is 0 Å². The molecule has 2 N–H and O–H groups in total. The lowest BCUT2D eigenvalue weighted by Gasteiger charge is -2.14. The van der Waals surface area contributed by atoms with E-state index in [0.717, 1.165) is 22.2 Å². The maximum atomic E-state index is 13.0.